The third-order valence-electron chi connectivity index (χ3n) is 4.23. The summed E-state index contributed by atoms with van der Waals surface area (Å²) < 4.78 is 16.2. The Kier molecular flexibility index (Phi) is 9.85. The molecular formula is C21H25NO6S2. The number of phenolic OH excluding ortho intramolecular Hbond substituents is 1. The normalized spacial score (nSPS) is 12.6. The van der Waals surface area contributed by atoms with Gasteiger partial charge in [-0.05, 0) is 48.2 Å². The van der Waals surface area contributed by atoms with Crippen LogP contribution in [0.3, 0.4) is 0 Å². The third-order valence-corrected chi connectivity index (χ3v) is 5.23. The highest BCUT2D eigenvalue weighted by Gasteiger charge is 2.27. The molecule has 0 aromatic heterocycles. The maximum absolute atomic E-state index is 12.5. The minimum Gasteiger partial charge on any atom is -0.508 e. The molecular weight excluding hydrogens is 426 g/mol. The van der Waals surface area contributed by atoms with Gasteiger partial charge in [-0.2, -0.15) is 12.6 Å². The van der Waals surface area contributed by atoms with Crippen LogP contribution in [-0.2, 0) is 19.0 Å². The predicted octanol–water partition coefficient (Wildman–Crippen LogP) is 4.28. The molecule has 2 rings (SSSR count). The van der Waals surface area contributed by atoms with Gasteiger partial charge in [0.05, 0.1) is 12.4 Å². The van der Waals surface area contributed by atoms with Crippen LogP contribution >= 0.6 is 24.4 Å². The quantitative estimate of drug-likeness (QED) is 0.282. The van der Waals surface area contributed by atoms with Crippen LogP contribution in [0.1, 0.15) is 18.1 Å². The first-order valence-corrected chi connectivity index (χ1v) is 11.0. The number of hydrogen-bond acceptors (Lipinski definition) is 8. The molecule has 0 aliphatic carbocycles. The molecule has 0 saturated heterocycles. The van der Waals surface area contributed by atoms with Gasteiger partial charge in [-0.3, -0.25) is 10.1 Å². The van der Waals surface area contributed by atoms with Crippen molar-refractivity contribution >= 4 is 42.1 Å². The molecule has 30 heavy (non-hydrogen) atoms. The Morgan fingerprint density at radius 2 is 1.80 bits per heavy atom. The van der Waals surface area contributed by atoms with E-state index in [1.54, 1.807) is 36.0 Å². The van der Waals surface area contributed by atoms with E-state index in [2.05, 4.69) is 17.9 Å². The first-order chi connectivity index (χ1) is 14.5. The molecule has 0 aliphatic rings. The van der Waals surface area contributed by atoms with Crippen molar-refractivity contribution in [1.82, 2.24) is 0 Å². The number of esters is 1. The molecule has 0 bridgehead atoms. The van der Waals surface area contributed by atoms with Gasteiger partial charge in [0, 0.05) is 24.1 Å². The second-order valence-corrected chi connectivity index (χ2v) is 7.41. The Morgan fingerprint density at radius 1 is 1.13 bits per heavy atom. The van der Waals surface area contributed by atoms with E-state index in [1.165, 1.54) is 19.2 Å². The molecule has 0 radical (unpaired) electrons. The number of methoxy groups -OCH3 is 1. The van der Waals surface area contributed by atoms with E-state index in [0.29, 0.717) is 17.7 Å². The van der Waals surface area contributed by atoms with Crippen LogP contribution in [0.2, 0.25) is 0 Å². The van der Waals surface area contributed by atoms with Crippen LogP contribution in [0.25, 0.3) is 0 Å². The Bertz CT molecular complexity index is 813. The number of benzene rings is 2. The first-order valence-electron chi connectivity index (χ1n) is 9.16. The summed E-state index contributed by atoms with van der Waals surface area (Å²) in [4.78, 5) is 24.9. The molecule has 0 spiro atoms. The average molecular weight is 452 g/mol. The summed E-state index contributed by atoms with van der Waals surface area (Å²) in [5, 5.41) is 12.3. The predicted molar refractivity (Wildman–Crippen MR) is 119 cm³/mol. The number of aromatic hydroxyl groups is 1. The number of rotatable bonds is 10. The summed E-state index contributed by atoms with van der Waals surface area (Å²) in [6.07, 6.45) is 0.260. The molecule has 0 saturated carbocycles. The smallest absolute Gasteiger partial charge is 0.412 e. The molecule has 9 heteroatoms. The molecule has 1 amide bonds. The van der Waals surface area contributed by atoms with E-state index < -0.39 is 24.3 Å². The minimum atomic E-state index is -0.782. The molecule has 2 aromatic carbocycles. The van der Waals surface area contributed by atoms with Gasteiger partial charge >= 0.3 is 12.1 Å². The Morgan fingerprint density at radius 3 is 2.37 bits per heavy atom. The van der Waals surface area contributed by atoms with Gasteiger partial charge in [0.25, 0.3) is 0 Å². The number of thiol groups is 1. The van der Waals surface area contributed by atoms with E-state index in [-0.39, 0.29) is 18.1 Å². The van der Waals surface area contributed by atoms with E-state index in [4.69, 9.17) is 14.2 Å². The number of carbonyl (C=O) groups excluding carboxylic acids is 2. The Labute approximate surface area is 185 Å². The van der Waals surface area contributed by atoms with Crippen LogP contribution in [0, 0.1) is 0 Å². The summed E-state index contributed by atoms with van der Waals surface area (Å²) >= 11 is 5.47. The summed E-state index contributed by atoms with van der Waals surface area (Å²) in [5.41, 5.74) is 1.23. The third kappa shape index (κ3) is 7.47. The van der Waals surface area contributed by atoms with Crippen LogP contribution in [0.15, 0.2) is 53.4 Å². The zero-order valence-corrected chi connectivity index (χ0v) is 18.4. The van der Waals surface area contributed by atoms with Crippen molar-refractivity contribution in [3.63, 3.8) is 0 Å². The van der Waals surface area contributed by atoms with Crippen LogP contribution < -0.4 is 5.32 Å². The Hall–Kier alpha value is -2.36. The van der Waals surface area contributed by atoms with Crippen molar-refractivity contribution in [2.24, 2.45) is 0 Å². The monoisotopic (exact) mass is 451 g/mol. The van der Waals surface area contributed by atoms with E-state index in [0.717, 1.165) is 4.90 Å². The lowest BCUT2D eigenvalue weighted by atomic mass is 10.0. The van der Waals surface area contributed by atoms with Gasteiger partial charge in [-0.15, -0.1) is 11.8 Å². The van der Waals surface area contributed by atoms with Crippen molar-refractivity contribution in [2.75, 3.05) is 31.0 Å². The van der Waals surface area contributed by atoms with Gasteiger partial charge in [-0.25, -0.2) is 4.79 Å². The van der Waals surface area contributed by atoms with Crippen molar-refractivity contribution in [2.45, 2.75) is 23.5 Å². The molecule has 2 aromatic rings. The van der Waals surface area contributed by atoms with Crippen LogP contribution in [-0.4, -0.2) is 49.0 Å². The molecule has 0 heterocycles. The summed E-state index contributed by atoms with van der Waals surface area (Å²) in [7, 11) is 1.49. The molecule has 0 unspecified atom stereocenters. The van der Waals surface area contributed by atoms with Crippen LogP contribution in [0.5, 0.6) is 5.75 Å². The molecule has 7 nitrogen and oxygen atoms in total. The number of ether oxygens (including phenoxy) is 3. The highest BCUT2D eigenvalue weighted by molar-refractivity contribution is 7.98. The minimum absolute atomic E-state index is 0.0206. The number of amides is 1. The first kappa shape index (κ1) is 23.9. The highest BCUT2D eigenvalue weighted by atomic mass is 32.2. The number of hydrogen-bond donors (Lipinski definition) is 3. The van der Waals surface area contributed by atoms with Crippen LogP contribution in [0.4, 0.5) is 10.5 Å². The second-order valence-electron chi connectivity index (χ2n) is 6.21. The number of phenols is 1. The van der Waals surface area contributed by atoms with Gasteiger partial charge in [0.2, 0.25) is 0 Å². The summed E-state index contributed by atoms with van der Waals surface area (Å²) in [6.45, 7) is 0.0909. The van der Waals surface area contributed by atoms with Crippen molar-refractivity contribution < 1.29 is 28.9 Å². The lowest BCUT2D eigenvalue weighted by molar-refractivity contribution is -0.141. The fourth-order valence-corrected chi connectivity index (χ4v) is 3.19. The van der Waals surface area contributed by atoms with Gasteiger partial charge in [0.1, 0.15) is 11.9 Å². The second kappa shape index (κ2) is 12.4. The maximum atomic E-state index is 12.5. The summed E-state index contributed by atoms with van der Waals surface area (Å²) in [5.74, 6) is -0.373. The lowest BCUT2D eigenvalue weighted by Gasteiger charge is -2.26. The standard InChI is InChI=1S/C21H25NO6S2/c1-26-18(11-12-27-19(24)13-29)20(14-3-7-16(23)8-4-14)28-21(25)22-15-5-9-17(30-2)10-6-15/h3-10,18,20,23,29H,11-13H2,1-2H3,(H,22,25)/t18-,20-/m0/s1. The zero-order valence-electron chi connectivity index (χ0n) is 16.7. The fraction of sp³-hybridized carbons (Fsp3) is 0.333. The lowest BCUT2D eigenvalue weighted by Crippen LogP contribution is -2.29. The highest BCUT2D eigenvalue weighted by Crippen LogP contribution is 2.28. The average Bonchev–Trinajstić information content (AvgIpc) is 2.76. The molecule has 0 fully saturated rings. The van der Waals surface area contributed by atoms with Crippen molar-refractivity contribution in [1.29, 1.82) is 0 Å². The van der Waals surface area contributed by atoms with E-state index in [1.807, 2.05) is 18.4 Å². The van der Waals surface area contributed by atoms with E-state index >= 15 is 0 Å². The van der Waals surface area contributed by atoms with E-state index in [9.17, 15) is 14.7 Å². The number of anilines is 1. The van der Waals surface area contributed by atoms with Gasteiger partial charge < -0.3 is 19.3 Å². The van der Waals surface area contributed by atoms with Crippen molar-refractivity contribution in [3.05, 3.63) is 54.1 Å². The topological polar surface area (TPSA) is 94.1 Å². The summed E-state index contributed by atoms with van der Waals surface area (Å²) in [6, 6.07) is 13.6. The SMILES string of the molecule is CO[C@@H](CCOC(=O)CS)[C@@H](OC(=O)Nc1ccc(SC)cc1)c1ccc(O)cc1. The largest absolute Gasteiger partial charge is 0.508 e. The molecule has 2 N–H and O–H groups in total. The van der Waals surface area contributed by atoms with Gasteiger partial charge in [0.15, 0.2) is 6.10 Å². The molecule has 2 atom stereocenters. The van der Waals surface area contributed by atoms with Crippen molar-refractivity contribution in [3.8, 4) is 5.75 Å². The maximum Gasteiger partial charge on any atom is 0.412 e. The number of nitrogens with one attached hydrogen (secondary N) is 1. The zero-order chi connectivity index (χ0) is 21.9. The number of carbonyl (C=O) groups is 2. The Balaban J connectivity index is 2.11. The number of thioether (sulfide) groups is 1. The van der Waals surface area contributed by atoms with Gasteiger partial charge in [-0.1, -0.05) is 12.1 Å². The molecule has 0 aliphatic heterocycles. The fourth-order valence-electron chi connectivity index (χ4n) is 2.69. The molecule has 162 valence electrons.